The Morgan fingerprint density at radius 1 is 1.32 bits per heavy atom. The summed E-state index contributed by atoms with van der Waals surface area (Å²) in [6.07, 6.45) is -4.34. The minimum atomic E-state index is -4.81. The Bertz CT molecular complexity index is 733. The van der Waals surface area contributed by atoms with Crippen LogP contribution in [0, 0.1) is 22.9 Å². The van der Waals surface area contributed by atoms with E-state index in [1.165, 1.54) is 6.92 Å². The fourth-order valence-corrected chi connectivity index (χ4v) is 1.79. The van der Waals surface area contributed by atoms with Gasteiger partial charge >= 0.3 is 11.9 Å². The lowest BCUT2D eigenvalue weighted by molar-refractivity contribution is -0.386. The standard InChI is InChI=1S/C13H8F4N2O3/c1-7-12(19(20)21)11(22-18-7)6-10(13(15,16)17)8-2-4-9(14)5-3-8/h2-6H,1H3. The van der Waals surface area contributed by atoms with Gasteiger partial charge in [0.2, 0.25) is 5.76 Å². The lowest BCUT2D eigenvalue weighted by Crippen LogP contribution is -2.10. The minimum Gasteiger partial charge on any atom is -0.349 e. The number of hydrogen-bond acceptors (Lipinski definition) is 4. The Labute approximate surface area is 121 Å². The molecule has 22 heavy (non-hydrogen) atoms. The molecule has 0 saturated heterocycles. The van der Waals surface area contributed by atoms with Crippen molar-refractivity contribution in [2.45, 2.75) is 13.1 Å². The highest BCUT2D eigenvalue weighted by Crippen LogP contribution is 2.37. The summed E-state index contributed by atoms with van der Waals surface area (Å²) in [5, 5.41) is 14.2. The topological polar surface area (TPSA) is 69.2 Å². The van der Waals surface area contributed by atoms with E-state index in [4.69, 9.17) is 0 Å². The number of allylic oxidation sites excluding steroid dienone is 1. The maximum atomic E-state index is 13.1. The molecule has 116 valence electrons. The van der Waals surface area contributed by atoms with Crippen molar-refractivity contribution in [3.05, 3.63) is 57.2 Å². The lowest BCUT2D eigenvalue weighted by Gasteiger charge is -2.11. The van der Waals surface area contributed by atoms with E-state index < -0.39 is 33.9 Å². The van der Waals surface area contributed by atoms with Gasteiger partial charge in [0.05, 0.1) is 10.5 Å². The van der Waals surface area contributed by atoms with E-state index in [0.717, 1.165) is 24.3 Å². The first-order chi connectivity index (χ1) is 10.2. The Morgan fingerprint density at radius 2 is 1.91 bits per heavy atom. The molecule has 0 amide bonds. The van der Waals surface area contributed by atoms with Crippen LogP contribution in [0.5, 0.6) is 0 Å². The summed E-state index contributed by atoms with van der Waals surface area (Å²) in [4.78, 5) is 9.98. The molecule has 0 fully saturated rings. The predicted molar refractivity (Wildman–Crippen MR) is 68.2 cm³/mol. The first-order valence-electron chi connectivity index (χ1n) is 5.85. The number of aryl methyl sites for hydroxylation is 1. The number of nitro groups is 1. The van der Waals surface area contributed by atoms with Gasteiger partial charge < -0.3 is 4.52 Å². The van der Waals surface area contributed by atoms with Crippen LogP contribution < -0.4 is 0 Å². The zero-order valence-corrected chi connectivity index (χ0v) is 11.0. The minimum absolute atomic E-state index is 0.142. The van der Waals surface area contributed by atoms with E-state index in [1.54, 1.807) is 0 Å². The summed E-state index contributed by atoms with van der Waals surface area (Å²) in [6.45, 7) is 1.24. The van der Waals surface area contributed by atoms with Crippen LogP contribution >= 0.6 is 0 Å². The van der Waals surface area contributed by atoms with Crippen LogP contribution in [0.15, 0.2) is 28.8 Å². The molecule has 5 nitrogen and oxygen atoms in total. The molecule has 0 radical (unpaired) electrons. The van der Waals surface area contributed by atoms with Crippen LogP contribution in [-0.2, 0) is 0 Å². The van der Waals surface area contributed by atoms with Crippen LogP contribution in [0.4, 0.5) is 23.2 Å². The van der Waals surface area contributed by atoms with Gasteiger partial charge in [0, 0.05) is 6.08 Å². The van der Waals surface area contributed by atoms with E-state index in [1.807, 2.05) is 0 Å². The van der Waals surface area contributed by atoms with Gasteiger partial charge in [-0.3, -0.25) is 10.1 Å². The molecule has 0 unspecified atom stereocenters. The molecule has 0 N–H and O–H groups in total. The van der Waals surface area contributed by atoms with E-state index in [-0.39, 0.29) is 11.3 Å². The average molecular weight is 316 g/mol. The Kier molecular flexibility index (Phi) is 3.98. The van der Waals surface area contributed by atoms with Gasteiger partial charge in [0.25, 0.3) is 0 Å². The maximum absolute atomic E-state index is 13.1. The van der Waals surface area contributed by atoms with Crippen LogP contribution in [0.25, 0.3) is 11.6 Å². The van der Waals surface area contributed by atoms with Crippen LogP contribution in [0.1, 0.15) is 17.0 Å². The molecule has 1 heterocycles. The van der Waals surface area contributed by atoms with Gasteiger partial charge in [-0.2, -0.15) is 13.2 Å². The van der Waals surface area contributed by atoms with Gasteiger partial charge in [-0.15, -0.1) is 0 Å². The van der Waals surface area contributed by atoms with Crippen LogP contribution in [-0.4, -0.2) is 16.3 Å². The molecule has 0 aliphatic carbocycles. The third-order valence-corrected chi connectivity index (χ3v) is 2.78. The second-order valence-electron chi connectivity index (χ2n) is 4.30. The summed E-state index contributed by atoms with van der Waals surface area (Å²) in [5.74, 6) is -1.33. The van der Waals surface area contributed by atoms with Crippen molar-refractivity contribution >= 4 is 17.3 Å². The molecule has 2 rings (SSSR count). The fourth-order valence-electron chi connectivity index (χ4n) is 1.79. The van der Waals surface area contributed by atoms with Gasteiger partial charge in [-0.05, 0) is 24.6 Å². The SMILES string of the molecule is Cc1noc(C=C(c2ccc(F)cc2)C(F)(F)F)c1[N+](=O)[O-]. The van der Waals surface area contributed by atoms with Crippen molar-refractivity contribution < 1.29 is 27.0 Å². The Hall–Kier alpha value is -2.71. The first kappa shape index (κ1) is 15.7. The smallest absolute Gasteiger partial charge is 0.349 e. The molecule has 0 spiro atoms. The summed E-state index contributed by atoms with van der Waals surface area (Å²) in [5.41, 5.74) is -2.34. The summed E-state index contributed by atoms with van der Waals surface area (Å²) < 4.78 is 56.8. The monoisotopic (exact) mass is 316 g/mol. The molecule has 2 aromatic rings. The molecule has 0 aliphatic rings. The highest BCUT2D eigenvalue weighted by molar-refractivity contribution is 5.85. The number of benzene rings is 1. The van der Waals surface area contributed by atoms with Gasteiger partial charge in [-0.1, -0.05) is 17.3 Å². The van der Waals surface area contributed by atoms with Crippen molar-refractivity contribution in [3.63, 3.8) is 0 Å². The Balaban J connectivity index is 2.60. The van der Waals surface area contributed by atoms with Gasteiger partial charge in [0.1, 0.15) is 5.82 Å². The zero-order valence-electron chi connectivity index (χ0n) is 11.0. The van der Waals surface area contributed by atoms with Crippen LogP contribution in [0.3, 0.4) is 0 Å². The molecular formula is C13H8F4N2O3. The number of nitrogens with zero attached hydrogens (tertiary/aromatic N) is 2. The van der Waals surface area contributed by atoms with Crippen molar-refractivity contribution in [1.82, 2.24) is 5.16 Å². The molecule has 1 aromatic carbocycles. The molecule has 0 aliphatic heterocycles. The number of alkyl halides is 3. The second-order valence-corrected chi connectivity index (χ2v) is 4.30. The highest BCUT2D eigenvalue weighted by atomic mass is 19.4. The maximum Gasteiger partial charge on any atom is 0.417 e. The first-order valence-corrected chi connectivity index (χ1v) is 5.85. The van der Waals surface area contributed by atoms with Crippen LogP contribution in [0.2, 0.25) is 0 Å². The zero-order chi connectivity index (χ0) is 16.5. The van der Waals surface area contributed by atoms with Gasteiger partial charge in [-0.25, -0.2) is 4.39 Å². The predicted octanol–water partition coefficient (Wildman–Crippen LogP) is 4.13. The largest absolute Gasteiger partial charge is 0.417 e. The van der Waals surface area contributed by atoms with Crippen molar-refractivity contribution in [2.24, 2.45) is 0 Å². The number of aromatic nitrogens is 1. The van der Waals surface area contributed by atoms with Gasteiger partial charge in [0.15, 0.2) is 5.69 Å². The molecule has 9 heteroatoms. The lowest BCUT2D eigenvalue weighted by atomic mass is 10.0. The number of hydrogen-bond donors (Lipinski definition) is 0. The summed E-state index contributed by atoms with van der Waals surface area (Å²) >= 11 is 0. The normalized spacial score (nSPS) is 12.5. The summed E-state index contributed by atoms with van der Waals surface area (Å²) in [7, 11) is 0. The quantitative estimate of drug-likeness (QED) is 0.485. The number of halogens is 4. The summed E-state index contributed by atoms with van der Waals surface area (Å²) in [6, 6.07) is 3.55. The molecule has 1 aromatic heterocycles. The Morgan fingerprint density at radius 3 is 2.41 bits per heavy atom. The number of rotatable bonds is 3. The molecule has 0 atom stereocenters. The molecule has 0 bridgehead atoms. The van der Waals surface area contributed by atoms with Crippen molar-refractivity contribution in [1.29, 1.82) is 0 Å². The highest BCUT2D eigenvalue weighted by Gasteiger charge is 2.36. The fraction of sp³-hybridized carbons (Fsp3) is 0.154. The molecule has 0 saturated carbocycles. The molecular weight excluding hydrogens is 308 g/mol. The van der Waals surface area contributed by atoms with Crippen molar-refractivity contribution in [2.75, 3.05) is 0 Å². The third-order valence-electron chi connectivity index (χ3n) is 2.78. The van der Waals surface area contributed by atoms with E-state index >= 15 is 0 Å². The third kappa shape index (κ3) is 3.13. The van der Waals surface area contributed by atoms with Crippen molar-refractivity contribution in [3.8, 4) is 0 Å². The van der Waals surface area contributed by atoms with E-state index in [0.29, 0.717) is 6.08 Å². The second kappa shape index (κ2) is 5.58. The van der Waals surface area contributed by atoms with E-state index in [9.17, 15) is 27.7 Å². The average Bonchev–Trinajstić information content (AvgIpc) is 2.77. The van der Waals surface area contributed by atoms with E-state index in [2.05, 4.69) is 9.68 Å².